The zero-order chi connectivity index (χ0) is 24.4. The Balaban J connectivity index is 1.40. The molecule has 3 aromatic heterocycles. The molecule has 5 rings (SSSR count). The predicted octanol–water partition coefficient (Wildman–Crippen LogP) is 3.58. The Kier molecular flexibility index (Phi) is 6.22. The summed E-state index contributed by atoms with van der Waals surface area (Å²) >= 11 is 0. The fourth-order valence-corrected chi connectivity index (χ4v) is 4.57. The van der Waals surface area contributed by atoms with E-state index in [4.69, 9.17) is 0 Å². The van der Waals surface area contributed by atoms with Crippen LogP contribution in [0.4, 0.5) is 4.39 Å². The van der Waals surface area contributed by atoms with Gasteiger partial charge in [-0.1, -0.05) is 12.1 Å². The molecule has 1 unspecified atom stereocenters. The number of nitrogens with zero attached hydrogens (tertiary/aromatic N) is 5. The number of benzene rings is 1. The zero-order valence-electron chi connectivity index (χ0n) is 19.3. The number of halogens is 1. The number of carbonyl (C=O) groups excluding carboxylic acids is 2. The number of aromatic nitrogens is 4. The van der Waals surface area contributed by atoms with Gasteiger partial charge >= 0.3 is 0 Å². The summed E-state index contributed by atoms with van der Waals surface area (Å²) in [7, 11) is 1.57. The zero-order valence-corrected chi connectivity index (χ0v) is 19.3. The molecule has 4 aromatic rings. The van der Waals surface area contributed by atoms with Crippen molar-refractivity contribution >= 4 is 17.5 Å². The molecule has 1 atom stereocenters. The highest BCUT2D eigenvalue weighted by molar-refractivity contribution is 5.99. The highest BCUT2D eigenvalue weighted by Gasteiger charge is 2.31. The Hall–Kier alpha value is -4.14. The number of hydrogen-bond donors (Lipinski definition) is 1. The van der Waals surface area contributed by atoms with Crippen molar-refractivity contribution in [3.05, 3.63) is 95.0 Å². The number of likely N-dealkylation sites (tertiary alicyclic amines) is 1. The molecule has 178 valence electrons. The first-order valence-electron chi connectivity index (χ1n) is 11.6. The highest BCUT2D eigenvalue weighted by atomic mass is 19.1. The van der Waals surface area contributed by atoms with E-state index >= 15 is 0 Å². The van der Waals surface area contributed by atoms with Crippen LogP contribution in [-0.2, 0) is 6.42 Å². The van der Waals surface area contributed by atoms with Crippen molar-refractivity contribution in [1.82, 2.24) is 29.8 Å². The van der Waals surface area contributed by atoms with Crippen LogP contribution in [0.3, 0.4) is 0 Å². The van der Waals surface area contributed by atoms with E-state index in [1.54, 1.807) is 42.2 Å². The summed E-state index contributed by atoms with van der Waals surface area (Å²) in [6, 6.07) is 11.6. The minimum Gasteiger partial charge on any atom is -0.355 e. The third kappa shape index (κ3) is 4.49. The molecule has 35 heavy (non-hydrogen) atoms. The largest absolute Gasteiger partial charge is 0.355 e. The molecule has 1 aromatic carbocycles. The summed E-state index contributed by atoms with van der Waals surface area (Å²) in [6.45, 7) is 0.619. The first-order valence-corrected chi connectivity index (χ1v) is 11.6. The first kappa shape index (κ1) is 22.6. The summed E-state index contributed by atoms with van der Waals surface area (Å²) in [5.74, 6) is -0.627. The first-order chi connectivity index (χ1) is 17.0. The Bertz CT molecular complexity index is 1370. The smallest absolute Gasteiger partial charge is 0.256 e. The fraction of sp³-hybridized carbons (Fsp3) is 0.269. The van der Waals surface area contributed by atoms with Crippen molar-refractivity contribution in [3.8, 4) is 0 Å². The average Bonchev–Trinajstić information content (AvgIpc) is 3.34. The van der Waals surface area contributed by atoms with Crippen molar-refractivity contribution in [2.45, 2.75) is 31.7 Å². The van der Waals surface area contributed by atoms with Gasteiger partial charge in [-0.3, -0.25) is 14.6 Å². The molecule has 0 spiro atoms. The third-order valence-electron chi connectivity index (χ3n) is 6.38. The molecule has 1 aliphatic rings. The predicted molar refractivity (Wildman–Crippen MR) is 127 cm³/mol. The molecule has 1 N–H and O–H groups in total. The summed E-state index contributed by atoms with van der Waals surface area (Å²) < 4.78 is 14.8. The molecule has 0 saturated carbocycles. The van der Waals surface area contributed by atoms with Crippen LogP contribution >= 0.6 is 0 Å². The van der Waals surface area contributed by atoms with E-state index in [9.17, 15) is 14.0 Å². The Morgan fingerprint density at radius 1 is 1.06 bits per heavy atom. The second kappa shape index (κ2) is 9.61. The van der Waals surface area contributed by atoms with Crippen molar-refractivity contribution in [3.63, 3.8) is 0 Å². The van der Waals surface area contributed by atoms with Gasteiger partial charge in [-0.15, -0.1) is 0 Å². The van der Waals surface area contributed by atoms with Gasteiger partial charge in [-0.25, -0.2) is 13.9 Å². The van der Waals surface area contributed by atoms with E-state index in [-0.39, 0.29) is 23.7 Å². The van der Waals surface area contributed by atoms with Gasteiger partial charge in [0, 0.05) is 38.1 Å². The van der Waals surface area contributed by atoms with E-state index in [0.29, 0.717) is 29.7 Å². The minimum absolute atomic E-state index is 0.0980. The molecule has 0 radical (unpaired) electrons. The van der Waals surface area contributed by atoms with Crippen LogP contribution in [0.25, 0.3) is 5.65 Å². The van der Waals surface area contributed by atoms with E-state index < -0.39 is 0 Å². The maximum absolute atomic E-state index is 13.5. The van der Waals surface area contributed by atoms with Gasteiger partial charge in [0.15, 0.2) is 5.65 Å². The number of piperidine rings is 1. The lowest BCUT2D eigenvalue weighted by Crippen LogP contribution is -2.39. The lowest BCUT2D eigenvalue weighted by Gasteiger charge is -2.36. The second-order valence-corrected chi connectivity index (χ2v) is 8.59. The minimum atomic E-state index is -0.273. The van der Waals surface area contributed by atoms with Gasteiger partial charge in [-0.05, 0) is 55.2 Å². The average molecular weight is 473 g/mol. The molecule has 1 fully saturated rings. The topological polar surface area (TPSA) is 92.5 Å². The molecule has 9 heteroatoms. The lowest BCUT2D eigenvalue weighted by molar-refractivity contribution is 0.0602. The van der Waals surface area contributed by atoms with Gasteiger partial charge in [-0.2, -0.15) is 5.10 Å². The molecule has 1 saturated heterocycles. The fourth-order valence-electron chi connectivity index (χ4n) is 4.57. The highest BCUT2D eigenvalue weighted by Crippen LogP contribution is 2.32. The lowest BCUT2D eigenvalue weighted by atomic mass is 9.98. The van der Waals surface area contributed by atoms with Gasteiger partial charge in [0.05, 0.1) is 23.5 Å². The van der Waals surface area contributed by atoms with Gasteiger partial charge in [0.25, 0.3) is 11.8 Å². The number of rotatable bonds is 5. The molecular formula is C26H25FN6O2. The van der Waals surface area contributed by atoms with Gasteiger partial charge < -0.3 is 10.2 Å². The number of pyridine rings is 1. The number of hydrogen-bond acceptors (Lipinski definition) is 5. The molecule has 4 heterocycles. The molecule has 2 amide bonds. The van der Waals surface area contributed by atoms with Crippen molar-refractivity contribution in [2.75, 3.05) is 13.6 Å². The number of nitrogens with one attached hydrogen (secondary N) is 1. The molecule has 1 aliphatic heterocycles. The quantitative estimate of drug-likeness (QED) is 0.479. The van der Waals surface area contributed by atoms with E-state index in [1.807, 2.05) is 17.0 Å². The second-order valence-electron chi connectivity index (χ2n) is 8.59. The Morgan fingerprint density at radius 2 is 1.89 bits per heavy atom. The normalized spacial score (nSPS) is 15.8. The van der Waals surface area contributed by atoms with Crippen molar-refractivity contribution in [1.29, 1.82) is 0 Å². The third-order valence-corrected chi connectivity index (χ3v) is 6.38. The molecule has 8 nitrogen and oxygen atoms in total. The molecular weight excluding hydrogens is 447 g/mol. The summed E-state index contributed by atoms with van der Waals surface area (Å²) in [5.41, 5.74) is 3.94. The van der Waals surface area contributed by atoms with Crippen molar-refractivity contribution in [2.24, 2.45) is 0 Å². The summed E-state index contributed by atoms with van der Waals surface area (Å²) in [4.78, 5) is 36.4. The number of fused-ring (bicyclic) bond motifs is 1. The van der Waals surface area contributed by atoms with Crippen LogP contribution in [0.2, 0.25) is 0 Å². The summed E-state index contributed by atoms with van der Waals surface area (Å²) in [6.07, 6.45) is 8.00. The van der Waals surface area contributed by atoms with Crippen LogP contribution in [0, 0.1) is 5.82 Å². The summed E-state index contributed by atoms with van der Waals surface area (Å²) in [5, 5.41) is 7.01. The SMILES string of the molecule is CNC(=O)c1cnn2c(C3CCCCN3C(=O)c3ccc(Cc4ccc(F)cc4)nc3)ccnc12. The van der Waals surface area contributed by atoms with E-state index in [2.05, 4.69) is 20.4 Å². The van der Waals surface area contributed by atoms with Gasteiger partial charge in [0.2, 0.25) is 0 Å². The van der Waals surface area contributed by atoms with Crippen LogP contribution in [0.5, 0.6) is 0 Å². The molecule has 0 aliphatic carbocycles. The maximum atomic E-state index is 13.5. The number of amides is 2. The van der Waals surface area contributed by atoms with Crippen LogP contribution in [0.1, 0.15) is 63.0 Å². The Labute approximate surface area is 201 Å². The Morgan fingerprint density at radius 3 is 2.63 bits per heavy atom. The van der Waals surface area contributed by atoms with E-state index in [0.717, 1.165) is 36.2 Å². The van der Waals surface area contributed by atoms with Crippen LogP contribution < -0.4 is 5.32 Å². The number of carbonyl (C=O) groups is 2. The van der Waals surface area contributed by atoms with Crippen LogP contribution in [0.15, 0.2) is 61.1 Å². The van der Waals surface area contributed by atoms with Crippen molar-refractivity contribution < 1.29 is 14.0 Å². The van der Waals surface area contributed by atoms with E-state index in [1.165, 1.54) is 18.3 Å². The maximum Gasteiger partial charge on any atom is 0.256 e. The monoisotopic (exact) mass is 472 g/mol. The standard InChI is InChI=1S/C26H25FN6O2/c1-28-25(34)21-16-31-33-23(11-12-29-24(21)33)22-4-2-3-13-32(22)26(35)18-7-10-20(30-15-18)14-17-5-8-19(27)9-6-17/h5-12,15-16,22H,2-4,13-14H2,1H3,(H,28,34). The molecule has 0 bridgehead atoms. The van der Waals surface area contributed by atoms with Crippen LogP contribution in [-0.4, -0.2) is 49.9 Å². The van der Waals surface area contributed by atoms with Gasteiger partial charge in [0.1, 0.15) is 11.4 Å².